The Balaban J connectivity index is 2.69. The number of ketones is 1. The first-order chi connectivity index (χ1) is 6.24. The molecule has 1 heterocycles. The summed E-state index contributed by atoms with van der Waals surface area (Å²) < 4.78 is 5.87. The summed E-state index contributed by atoms with van der Waals surface area (Å²) in [5, 5.41) is 0. The zero-order chi connectivity index (χ0) is 9.68. The number of rotatable bonds is 4. The Hall–Kier alpha value is -1.49. The van der Waals surface area contributed by atoms with E-state index in [4.69, 9.17) is 0 Å². The molecule has 0 radical (unpaired) electrons. The summed E-state index contributed by atoms with van der Waals surface area (Å²) in [6.45, 7) is 0.0296. The molecule has 0 aliphatic rings. The van der Waals surface area contributed by atoms with Crippen molar-refractivity contribution in [1.82, 2.24) is 9.55 Å². The van der Waals surface area contributed by atoms with Gasteiger partial charge in [-0.15, -0.1) is 0 Å². The largest absolute Gasteiger partial charge is 0.377 e. The second kappa shape index (κ2) is 4.51. The average Bonchev–Trinajstić information content (AvgIpc) is 2.09. The topological polar surface area (TPSA) is 61.2 Å². The van der Waals surface area contributed by atoms with Crippen molar-refractivity contribution in [1.29, 1.82) is 0 Å². The van der Waals surface area contributed by atoms with E-state index in [2.05, 4.69) is 9.72 Å². The number of carbonyl (C=O) groups is 1. The van der Waals surface area contributed by atoms with Crippen LogP contribution in [0.5, 0.6) is 0 Å². The molecule has 13 heavy (non-hydrogen) atoms. The third-order valence-corrected chi connectivity index (χ3v) is 1.43. The summed E-state index contributed by atoms with van der Waals surface area (Å²) in [5.41, 5.74) is -0.424. The standard InChI is InChI=1S/C8H10N2O3/c1-13-6-7(11)5-10-4-2-3-9-8(10)12/h2-4H,5-6H2,1H3. The first-order valence-corrected chi connectivity index (χ1v) is 3.76. The molecule has 0 saturated carbocycles. The van der Waals surface area contributed by atoms with E-state index < -0.39 is 5.69 Å². The Morgan fingerprint density at radius 1 is 1.69 bits per heavy atom. The lowest BCUT2D eigenvalue weighted by Gasteiger charge is -2.01. The highest BCUT2D eigenvalue weighted by atomic mass is 16.5. The lowest BCUT2D eigenvalue weighted by Crippen LogP contribution is -2.26. The highest BCUT2D eigenvalue weighted by Crippen LogP contribution is 1.82. The Kier molecular flexibility index (Phi) is 3.33. The highest BCUT2D eigenvalue weighted by molar-refractivity contribution is 5.79. The third-order valence-electron chi connectivity index (χ3n) is 1.43. The Bertz CT molecular complexity index is 345. The van der Waals surface area contributed by atoms with Gasteiger partial charge in [0.1, 0.15) is 6.61 Å². The van der Waals surface area contributed by atoms with Crippen molar-refractivity contribution in [2.75, 3.05) is 13.7 Å². The van der Waals surface area contributed by atoms with Crippen LogP contribution in [-0.2, 0) is 16.1 Å². The summed E-state index contributed by atoms with van der Waals surface area (Å²) in [4.78, 5) is 25.6. The summed E-state index contributed by atoms with van der Waals surface area (Å²) in [6.07, 6.45) is 2.91. The van der Waals surface area contributed by atoms with Crippen LogP contribution in [0, 0.1) is 0 Å². The van der Waals surface area contributed by atoms with Gasteiger partial charge in [-0.2, -0.15) is 0 Å². The van der Waals surface area contributed by atoms with E-state index in [1.807, 2.05) is 0 Å². The van der Waals surface area contributed by atoms with Gasteiger partial charge in [0.15, 0.2) is 5.78 Å². The number of carbonyl (C=O) groups excluding carboxylic acids is 1. The van der Waals surface area contributed by atoms with Gasteiger partial charge in [0, 0.05) is 19.5 Å². The fourth-order valence-electron chi connectivity index (χ4n) is 0.904. The van der Waals surface area contributed by atoms with Crippen molar-refractivity contribution in [2.45, 2.75) is 6.54 Å². The van der Waals surface area contributed by atoms with Crippen LogP contribution < -0.4 is 5.69 Å². The molecule has 0 atom stereocenters. The van der Waals surface area contributed by atoms with Crippen molar-refractivity contribution in [3.05, 3.63) is 28.9 Å². The molecule has 0 aromatic carbocycles. The molecule has 0 spiro atoms. The van der Waals surface area contributed by atoms with E-state index in [0.717, 1.165) is 0 Å². The van der Waals surface area contributed by atoms with E-state index in [1.165, 1.54) is 24.1 Å². The maximum Gasteiger partial charge on any atom is 0.347 e. The molecule has 0 bridgehead atoms. The molecule has 0 unspecified atom stereocenters. The first kappa shape index (κ1) is 9.60. The van der Waals surface area contributed by atoms with E-state index in [-0.39, 0.29) is 18.9 Å². The predicted octanol–water partition coefficient (Wildman–Crippen LogP) is -0.541. The summed E-state index contributed by atoms with van der Waals surface area (Å²) in [6, 6.07) is 1.60. The van der Waals surface area contributed by atoms with Crippen molar-refractivity contribution in [3.8, 4) is 0 Å². The predicted molar refractivity (Wildman–Crippen MR) is 45.4 cm³/mol. The average molecular weight is 182 g/mol. The molecular weight excluding hydrogens is 172 g/mol. The van der Waals surface area contributed by atoms with Gasteiger partial charge < -0.3 is 4.74 Å². The summed E-state index contributed by atoms with van der Waals surface area (Å²) in [7, 11) is 1.43. The van der Waals surface area contributed by atoms with Gasteiger partial charge in [0.25, 0.3) is 0 Å². The maximum atomic E-state index is 11.1. The van der Waals surface area contributed by atoms with Crippen LogP contribution in [0.2, 0.25) is 0 Å². The molecule has 1 rings (SSSR count). The van der Waals surface area contributed by atoms with Gasteiger partial charge in [-0.3, -0.25) is 9.36 Å². The molecule has 0 fully saturated rings. The van der Waals surface area contributed by atoms with E-state index in [0.29, 0.717) is 0 Å². The fraction of sp³-hybridized carbons (Fsp3) is 0.375. The van der Waals surface area contributed by atoms with E-state index in [1.54, 1.807) is 6.07 Å². The Morgan fingerprint density at radius 2 is 2.46 bits per heavy atom. The van der Waals surface area contributed by atoms with Crippen molar-refractivity contribution in [3.63, 3.8) is 0 Å². The molecular formula is C8H10N2O3. The zero-order valence-electron chi connectivity index (χ0n) is 7.27. The summed E-state index contributed by atoms with van der Waals surface area (Å²) in [5.74, 6) is -0.155. The quantitative estimate of drug-likeness (QED) is 0.627. The maximum absolute atomic E-state index is 11.1. The monoisotopic (exact) mass is 182 g/mol. The number of hydrogen-bond acceptors (Lipinski definition) is 4. The van der Waals surface area contributed by atoms with Crippen LogP contribution in [0.1, 0.15) is 0 Å². The zero-order valence-corrected chi connectivity index (χ0v) is 7.27. The van der Waals surface area contributed by atoms with Gasteiger partial charge in [0.05, 0.1) is 6.54 Å². The molecule has 1 aromatic heterocycles. The number of ether oxygens (including phenoxy) is 1. The molecule has 1 aromatic rings. The van der Waals surface area contributed by atoms with E-state index >= 15 is 0 Å². The van der Waals surface area contributed by atoms with Gasteiger partial charge in [-0.25, -0.2) is 9.78 Å². The lowest BCUT2D eigenvalue weighted by atomic mass is 10.4. The summed E-state index contributed by atoms with van der Waals surface area (Å²) >= 11 is 0. The number of aromatic nitrogens is 2. The normalized spacial score (nSPS) is 9.92. The van der Waals surface area contributed by atoms with Crippen molar-refractivity contribution >= 4 is 5.78 Å². The Morgan fingerprint density at radius 3 is 3.08 bits per heavy atom. The van der Waals surface area contributed by atoms with Crippen LogP contribution in [-0.4, -0.2) is 29.1 Å². The van der Waals surface area contributed by atoms with Gasteiger partial charge in [0.2, 0.25) is 0 Å². The smallest absolute Gasteiger partial charge is 0.347 e. The molecule has 0 N–H and O–H groups in total. The molecule has 0 aliphatic carbocycles. The van der Waals surface area contributed by atoms with Gasteiger partial charge in [-0.05, 0) is 6.07 Å². The van der Waals surface area contributed by atoms with Gasteiger partial charge in [-0.1, -0.05) is 0 Å². The third kappa shape index (κ3) is 2.79. The second-order valence-electron chi connectivity index (χ2n) is 2.50. The molecule has 5 heteroatoms. The van der Waals surface area contributed by atoms with Gasteiger partial charge >= 0.3 is 5.69 Å². The van der Waals surface area contributed by atoms with Crippen LogP contribution in [0.4, 0.5) is 0 Å². The van der Waals surface area contributed by atoms with Crippen LogP contribution in [0.3, 0.4) is 0 Å². The second-order valence-corrected chi connectivity index (χ2v) is 2.50. The van der Waals surface area contributed by atoms with E-state index in [9.17, 15) is 9.59 Å². The Labute approximate surface area is 75.0 Å². The number of nitrogens with zero attached hydrogens (tertiary/aromatic N) is 2. The molecule has 0 saturated heterocycles. The highest BCUT2D eigenvalue weighted by Gasteiger charge is 2.02. The minimum absolute atomic E-state index is 0.0144. The minimum atomic E-state index is -0.424. The van der Waals surface area contributed by atoms with Crippen LogP contribution in [0.25, 0.3) is 0 Å². The molecule has 0 aliphatic heterocycles. The fourth-order valence-corrected chi connectivity index (χ4v) is 0.904. The molecule has 70 valence electrons. The molecule has 0 amide bonds. The minimum Gasteiger partial charge on any atom is -0.377 e. The van der Waals surface area contributed by atoms with Crippen molar-refractivity contribution in [2.24, 2.45) is 0 Å². The van der Waals surface area contributed by atoms with Crippen LogP contribution >= 0.6 is 0 Å². The first-order valence-electron chi connectivity index (χ1n) is 3.76. The lowest BCUT2D eigenvalue weighted by molar-refractivity contribution is -0.123. The molecule has 5 nitrogen and oxygen atoms in total. The number of methoxy groups -OCH3 is 1. The SMILES string of the molecule is COCC(=O)Cn1cccnc1=O. The van der Waals surface area contributed by atoms with Crippen LogP contribution in [0.15, 0.2) is 23.3 Å². The number of hydrogen-bond donors (Lipinski definition) is 0. The number of Topliss-reactive ketones (excluding diaryl/α,β-unsaturated/α-hetero) is 1. The van der Waals surface area contributed by atoms with Crippen molar-refractivity contribution < 1.29 is 9.53 Å².